The topological polar surface area (TPSA) is 44.7 Å². The second-order valence-electron chi connectivity index (χ2n) is 6.97. The second-order valence-corrected chi connectivity index (χ2v) is 6.97. The van der Waals surface area contributed by atoms with Crippen LogP contribution in [0.15, 0.2) is 0 Å². The van der Waals surface area contributed by atoms with Gasteiger partial charge in [0.05, 0.1) is 6.61 Å². The Morgan fingerprint density at radius 3 is 2.95 bits per heavy atom. The van der Waals surface area contributed by atoms with Gasteiger partial charge in [-0.1, -0.05) is 13.3 Å². The molecule has 2 heterocycles. The summed E-state index contributed by atoms with van der Waals surface area (Å²) in [7, 11) is 0. The lowest BCUT2D eigenvalue weighted by Crippen LogP contribution is -2.52. The first-order valence-electron chi connectivity index (χ1n) is 8.93. The average molecular weight is 298 g/mol. The number of rotatable bonds is 8. The number of ether oxygens (including phenoxy) is 1. The Balaban J connectivity index is 1.95. The fourth-order valence-electron chi connectivity index (χ4n) is 3.94. The highest BCUT2D eigenvalue weighted by Crippen LogP contribution is 2.32. The molecular weight excluding hydrogens is 264 g/mol. The Hall–Kier alpha value is -0.160. The van der Waals surface area contributed by atoms with Gasteiger partial charge < -0.3 is 15.2 Å². The maximum atomic E-state index is 9.32. The highest BCUT2D eigenvalue weighted by Gasteiger charge is 2.36. The summed E-state index contributed by atoms with van der Waals surface area (Å²) in [5, 5.41) is 12.9. The fraction of sp³-hybridized carbons (Fsp3) is 1.00. The van der Waals surface area contributed by atoms with Crippen LogP contribution in [0.3, 0.4) is 0 Å². The van der Waals surface area contributed by atoms with Crippen molar-refractivity contribution in [3.8, 4) is 0 Å². The molecule has 2 N–H and O–H groups in total. The zero-order valence-electron chi connectivity index (χ0n) is 13.8. The molecule has 2 aliphatic heterocycles. The van der Waals surface area contributed by atoms with Gasteiger partial charge in [-0.15, -0.1) is 0 Å². The molecule has 2 unspecified atom stereocenters. The molecule has 2 rings (SSSR count). The quantitative estimate of drug-likeness (QED) is 0.673. The lowest BCUT2D eigenvalue weighted by molar-refractivity contribution is -0.0394. The number of likely N-dealkylation sites (tertiary alicyclic amines) is 1. The zero-order valence-corrected chi connectivity index (χ0v) is 13.8. The number of piperidine rings is 1. The van der Waals surface area contributed by atoms with Crippen molar-refractivity contribution < 1.29 is 9.84 Å². The molecule has 0 bridgehead atoms. The van der Waals surface area contributed by atoms with Crippen molar-refractivity contribution in [3.63, 3.8) is 0 Å². The third-order valence-electron chi connectivity index (χ3n) is 5.08. The standard InChI is InChI=1S/C17H34N2O2/c1-2-9-18-13-17(8-5-12-21-15-17)14-19-10-4-3-6-16(19)7-11-20/h16,18,20H,2-15H2,1H3. The van der Waals surface area contributed by atoms with E-state index in [4.69, 9.17) is 4.74 Å². The summed E-state index contributed by atoms with van der Waals surface area (Å²) in [6.07, 6.45) is 8.45. The van der Waals surface area contributed by atoms with E-state index in [9.17, 15) is 5.11 Å². The Kier molecular flexibility index (Phi) is 7.44. The monoisotopic (exact) mass is 298 g/mol. The van der Waals surface area contributed by atoms with E-state index in [1.54, 1.807) is 0 Å². The second kappa shape index (κ2) is 9.09. The number of hydrogen-bond acceptors (Lipinski definition) is 4. The lowest BCUT2D eigenvalue weighted by Gasteiger charge is -2.45. The Morgan fingerprint density at radius 1 is 1.33 bits per heavy atom. The van der Waals surface area contributed by atoms with E-state index >= 15 is 0 Å². The van der Waals surface area contributed by atoms with E-state index in [0.29, 0.717) is 12.6 Å². The maximum Gasteiger partial charge on any atom is 0.0546 e. The van der Waals surface area contributed by atoms with Crippen molar-refractivity contribution in [2.45, 2.75) is 57.9 Å². The third-order valence-corrected chi connectivity index (χ3v) is 5.08. The first-order valence-corrected chi connectivity index (χ1v) is 8.93. The molecule has 0 saturated carbocycles. The van der Waals surface area contributed by atoms with E-state index in [2.05, 4.69) is 17.1 Å². The predicted molar refractivity (Wildman–Crippen MR) is 86.6 cm³/mol. The van der Waals surface area contributed by atoms with Crippen molar-refractivity contribution in [3.05, 3.63) is 0 Å². The van der Waals surface area contributed by atoms with Crippen LogP contribution in [0.2, 0.25) is 0 Å². The molecule has 0 aromatic rings. The molecule has 0 spiro atoms. The van der Waals surface area contributed by atoms with Crippen LogP contribution in [0.4, 0.5) is 0 Å². The van der Waals surface area contributed by atoms with Gasteiger partial charge >= 0.3 is 0 Å². The number of aliphatic hydroxyl groups is 1. The summed E-state index contributed by atoms with van der Waals surface area (Å²) >= 11 is 0. The molecule has 0 aliphatic carbocycles. The van der Waals surface area contributed by atoms with Crippen molar-refractivity contribution in [1.82, 2.24) is 10.2 Å². The zero-order chi connectivity index (χ0) is 15.0. The van der Waals surface area contributed by atoms with Crippen LogP contribution in [0.1, 0.15) is 51.9 Å². The van der Waals surface area contributed by atoms with Crippen molar-refractivity contribution in [2.75, 3.05) is 46.0 Å². The molecule has 0 aromatic carbocycles. The molecule has 2 atom stereocenters. The first-order chi connectivity index (χ1) is 10.3. The predicted octanol–water partition coefficient (Wildman–Crippen LogP) is 2.02. The van der Waals surface area contributed by atoms with E-state index in [1.807, 2.05) is 0 Å². The SMILES string of the molecule is CCCNCC1(CN2CCCCC2CCO)CCCOC1. The van der Waals surface area contributed by atoms with Crippen LogP contribution < -0.4 is 5.32 Å². The lowest BCUT2D eigenvalue weighted by atomic mass is 9.80. The molecule has 2 aliphatic rings. The highest BCUT2D eigenvalue weighted by molar-refractivity contribution is 4.90. The number of hydrogen-bond donors (Lipinski definition) is 2. The molecule has 4 heteroatoms. The Labute approximate surface area is 130 Å². The third kappa shape index (κ3) is 5.20. The van der Waals surface area contributed by atoms with Crippen molar-refractivity contribution in [1.29, 1.82) is 0 Å². The van der Waals surface area contributed by atoms with Crippen LogP contribution in [0.5, 0.6) is 0 Å². The molecule has 2 fully saturated rings. The van der Waals surface area contributed by atoms with Crippen LogP contribution >= 0.6 is 0 Å². The molecule has 124 valence electrons. The molecule has 4 nitrogen and oxygen atoms in total. The van der Waals surface area contributed by atoms with Gasteiger partial charge in [0.2, 0.25) is 0 Å². The Bertz CT molecular complexity index is 278. The summed E-state index contributed by atoms with van der Waals surface area (Å²) < 4.78 is 5.84. The molecular formula is C17H34N2O2. The minimum absolute atomic E-state index is 0.276. The molecule has 0 radical (unpaired) electrons. The van der Waals surface area contributed by atoms with Gasteiger partial charge in [0.15, 0.2) is 0 Å². The van der Waals surface area contributed by atoms with Crippen LogP contribution in [0, 0.1) is 5.41 Å². The normalized spacial score (nSPS) is 31.4. The summed E-state index contributed by atoms with van der Waals surface area (Å²) in [5.74, 6) is 0. The van der Waals surface area contributed by atoms with Crippen molar-refractivity contribution in [2.24, 2.45) is 5.41 Å². The summed E-state index contributed by atoms with van der Waals surface area (Å²) in [4.78, 5) is 2.64. The summed E-state index contributed by atoms with van der Waals surface area (Å²) in [6.45, 7) is 8.86. The van der Waals surface area contributed by atoms with Gasteiger partial charge in [-0.05, 0) is 51.6 Å². The van der Waals surface area contributed by atoms with Crippen molar-refractivity contribution >= 4 is 0 Å². The summed E-state index contributed by atoms with van der Waals surface area (Å²) in [5.41, 5.74) is 0.276. The van der Waals surface area contributed by atoms with E-state index in [0.717, 1.165) is 39.3 Å². The summed E-state index contributed by atoms with van der Waals surface area (Å²) in [6, 6.07) is 0.578. The van der Waals surface area contributed by atoms with Crippen LogP contribution in [-0.2, 0) is 4.74 Å². The van der Waals surface area contributed by atoms with Gasteiger partial charge in [-0.3, -0.25) is 4.90 Å². The fourth-order valence-corrected chi connectivity index (χ4v) is 3.94. The molecule has 2 saturated heterocycles. The van der Waals surface area contributed by atoms with E-state index < -0.39 is 0 Å². The molecule has 0 amide bonds. The van der Waals surface area contributed by atoms with Gasteiger partial charge in [0, 0.05) is 37.8 Å². The number of nitrogens with zero attached hydrogens (tertiary/aromatic N) is 1. The Morgan fingerprint density at radius 2 is 2.24 bits per heavy atom. The average Bonchev–Trinajstić information content (AvgIpc) is 2.51. The smallest absolute Gasteiger partial charge is 0.0546 e. The maximum absolute atomic E-state index is 9.32. The first kappa shape index (κ1) is 17.2. The largest absolute Gasteiger partial charge is 0.396 e. The van der Waals surface area contributed by atoms with E-state index in [-0.39, 0.29) is 5.41 Å². The minimum Gasteiger partial charge on any atom is -0.396 e. The minimum atomic E-state index is 0.276. The van der Waals surface area contributed by atoms with Gasteiger partial charge in [0.1, 0.15) is 0 Å². The molecule has 0 aromatic heterocycles. The van der Waals surface area contributed by atoms with Gasteiger partial charge in [0.25, 0.3) is 0 Å². The highest BCUT2D eigenvalue weighted by atomic mass is 16.5. The van der Waals surface area contributed by atoms with Gasteiger partial charge in [-0.25, -0.2) is 0 Å². The molecule has 21 heavy (non-hydrogen) atoms. The van der Waals surface area contributed by atoms with Crippen LogP contribution in [0.25, 0.3) is 0 Å². The number of aliphatic hydroxyl groups excluding tert-OH is 1. The number of nitrogens with one attached hydrogen (secondary N) is 1. The van der Waals surface area contributed by atoms with Gasteiger partial charge in [-0.2, -0.15) is 0 Å². The van der Waals surface area contributed by atoms with E-state index in [1.165, 1.54) is 45.1 Å². The van der Waals surface area contributed by atoms with Crippen LogP contribution in [-0.4, -0.2) is 62.0 Å².